The van der Waals surface area contributed by atoms with Gasteiger partial charge in [-0.3, -0.25) is 9.59 Å². The maximum Gasteiger partial charge on any atom is 0.248 e. The van der Waals surface area contributed by atoms with Crippen molar-refractivity contribution in [3.05, 3.63) is 11.2 Å². The Morgan fingerprint density at radius 3 is 3.17 bits per heavy atom. The maximum atomic E-state index is 10.9. The van der Waals surface area contributed by atoms with Gasteiger partial charge < -0.3 is 4.74 Å². The van der Waals surface area contributed by atoms with Crippen LogP contribution in [0.3, 0.4) is 0 Å². The number of ether oxygens (including phenoxy) is 1. The number of thiazole rings is 1. The number of aldehydes is 1. The van der Waals surface area contributed by atoms with Gasteiger partial charge in [-0.2, -0.15) is 0 Å². The molecule has 0 aliphatic carbocycles. The van der Waals surface area contributed by atoms with Crippen molar-refractivity contribution in [2.75, 3.05) is 6.61 Å². The first-order valence-electron chi connectivity index (χ1n) is 3.35. The molecule has 0 bridgehead atoms. The third kappa shape index (κ3) is 1.68. The molecule has 0 aliphatic rings. The second-order valence-corrected chi connectivity index (χ2v) is 2.72. The molecule has 0 saturated heterocycles. The number of carbonyl (C=O) groups excluding carboxylic acids is 2. The fraction of sp³-hybridized carbons (Fsp3) is 0.286. The average molecular weight is 185 g/mol. The molecular formula is C7H7NO3S. The molecule has 0 atom stereocenters. The van der Waals surface area contributed by atoms with Gasteiger partial charge in [0.2, 0.25) is 10.8 Å². The van der Waals surface area contributed by atoms with Gasteiger partial charge in [0.1, 0.15) is 0 Å². The van der Waals surface area contributed by atoms with Crippen LogP contribution in [-0.2, 0) is 4.79 Å². The van der Waals surface area contributed by atoms with E-state index in [4.69, 9.17) is 4.74 Å². The molecule has 0 unspecified atom stereocenters. The van der Waals surface area contributed by atoms with Gasteiger partial charge in [-0.05, 0) is 6.92 Å². The average Bonchev–Trinajstić information content (AvgIpc) is 2.52. The highest BCUT2D eigenvalue weighted by molar-refractivity contribution is 7.12. The number of nitrogens with zero attached hydrogens (tertiary/aromatic N) is 1. The van der Waals surface area contributed by atoms with E-state index in [0.717, 1.165) is 0 Å². The quantitative estimate of drug-likeness (QED) is 0.397. The second-order valence-electron chi connectivity index (χ2n) is 1.90. The van der Waals surface area contributed by atoms with Crippen molar-refractivity contribution >= 4 is 23.4 Å². The van der Waals surface area contributed by atoms with Gasteiger partial charge in [0.25, 0.3) is 0 Å². The molecule has 0 spiro atoms. The van der Waals surface area contributed by atoms with Crippen LogP contribution >= 0.6 is 11.3 Å². The van der Waals surface area contributed by atoms with Crippen LogP contribution in [-0.4, -0.2) is 23.7 Å². The van der Waals surface area contributed by atoms with E-state index in [-0.39, 0.29) is 12.0 Å². The summed E-state index contributed by atoms with van der Waals surface area (Å²) in [6.45, 7) is 2.26. The summed E-state index contributed by atoms with van der Waals surface area (Å²) in [6.07, 6.45) is 0.234. The Kier molecular flexibility index (Phi) is 2.93. The van der Waals surface area contributed by atoms with Crippen molar-refractivity contribution in [1.82, 2.24) is 4.98 Å². The highest BCUT2D eigenvalue weighted by Crippen LogP contribution is 2.22. The van der Waals surface area contributed by atoms with Gasteiger partial charge in [-0.1, -0.05) is 11.3 Å². The van der Waals surface area contributed by atoms with E-state index in [1.807, 2.05) is 0 Å². The molecule has 0 aliphatic heterocycles. The Bertz CT molecular complexity index is 295. The topological polar surface area (TPSA) is 56.3 Å². The molecule has 0 saturated carbocycles. The fourth-order valence-corrected chi connectivity index (χ4v) is 1.39. The summed E-state index contributed by atoms with van der Waals surface area (Å²) in [5.41, 5.74) is 1.58. The molecule has 4 nitrogen and oxygen atoms in total. The molecule has 12 heavy (non-hydrogen) atoms. The first kappa shape index (κ1) is 8.86. The van der Waals surface area contributed by atoms with Gasteiger partial charge >= 0.3 is 0 Å². The van der Waals surface area contributed by atoms with Crippen molar-refractivity contribution in [3.8, 4) is 5.06 Å². The van der Waals surface area contributed by atoms with Crippen molar-refractivity contribution in [2.24, 2.45) is 0 Å². The van der Waals surface area contributed by atoms with E-state index in [0.29, 0.717) is 11.7 Å². The summed E-state index contributed by atoms with van der Waals surface area (Å²) in [4.78, 5) is 24.7. The van der Waals surface area contributed by atoms with E-state index in [1.54, 1.807) is 6.92 Å². The number of Topliss-reactive ketones (excluding diaryl/α,β-unsaturated/α-hetero) is 1. The lowest BCUT2D eigenvalue weighted by atomic mass is 10.3. The minimum atomic E-state index is -0.639. The van der Waals surface area contributed by atoms with E-state index in [2.05, 4.69) is 4.98 Å². The lowest BCUT2D eigenvalue weighted by Crippen LogP contribution is -2.03. The summed E-state index contributed by atoms with van der Waals surface area (Å²) >= 11 is 1.20. The normalized spacial score (nSPS) is 9.42. The molecular weight excluding hydrogens is 178 g/mol. The molecule has 1 heterocycles. The van der Waals surface area contributed by atoms with Crippen LogP contribution in [0.15, 0.2) is 5.51 Å². The van der Waals surface area contributed by atoms with Gasteiger partial charge in [0.15, 0.2) is 12.0 Å². The fourth-order valence-electron chi connectivity index (χ4n) is 0.689. The van der Waals surface area contributed by atoms with E-state index < -0.39 is 5.78 Å². The molecule has 5 heteroatoms. The van der Waals surface area contributed by atoms with Crippen molar-refractivity contribution in [1.29, 1.82) is 0 Å². The molecule has 1 aromatic rings. The lowest BCUT2D eigenvalue weighted by Gasteiger charge is -1.97. The molecule has 0 N–H and O–H groups in total. The van der Waals surface area contributed by atoms with Crippen LogP contribution in [0.5, 0.6) is 5.06 Å². The van der Waals surface area contributed by atoms with Gasteiger partial charge in [-0.15, -0.1) is 0 Å². The van der Waals surface area contributed by atoms with Crippen LogP contribution in [0.1, 0.15) is 17.4 Å². The second kappa shape index (κ2) is 3.96. The van der Waals surface area contributed by atoms with Crippen molar-refractivity contribution < 1.29 is 14.3 Å². The monoisotopic (exact) mass is 185 g/mol. The predicted molar refractivity (Wildman–Crippen MR) is 43.7 cm³/mol. The van der Waals surface area contributed by atoms with Crippen LogP contribution in [0, 0.1) is 0 Å². The summed E-state index contributed by atoms with van der Waals surface area (Å²) in [5.74, 6) is -0.639. The van der Waals surface area contributed by atoms with Crippen LogP contribution in [0.25, 0.3) is 0 Å². The SMILES string of the molecule is CCOc1scnc1C(=O)C=O. The number of aromatic nitrogens is 1. The standard InChI is InChI=1S/C7H7NO3S/c1-2-11-7-6(5(10)3-9)8-4-12-7/h3-4H,2H2,1H3. The van der Waals surface area contributed by atoms with Gasteiger partial charge in [0, 0.05) is 0 Å². The Balaban J connectivity index is 2.90. The van der Waals surface area contributed by atoms with Crippen molar-refractivity contribution in [2.45, 2.75) is 6.92 Å². The van der Waals surface area contributed by atoms with E-state index in [1.165, 1.54) is 16.8 Å². The third-order valence-corrected chi connectivity index (χ3v) is 1.89. The predicted octanol–water partition coefficient (Wildman–Crippen LogP) is 0.923. The molecule has 0 aromatic carbocycles. The zero-order valence-corrected chi connectivity index (χ0v) is 7.26. The largest absolute Gasteiger partial charge is 0.482 e. The smallest absolute Gasteiger partial charge is 0.248 e. The molecule has 1 rings (SSSR count). The molecule has 1 aromatic heterocycles. The molecule has 64 valence electrons. The van der Waals surface area contributed by atoms with Crippen LogP contribution < -0.4 is 4.74 Å². The summed E-state index contributed by atoms with van der Waals surface area (Å²) < 4.78 is 5.08. The Morgan fingerprint density at radius 1 is 1.83 bits per heavy atom. The highest BCUT2D eigenvalue weighted by atomic mass is 32.1. The Morgan fingerprint density at radius 2 is 2.58 bits per heavy atom. The molecule has 0 radical (unpaired) electrons. The number of carbonyl (C=O) groups is 2. The number of hydrogen-bond donors (Lipinski definition) is 0. The Labute approximate surface area is 73.2 Å². The first-order valence-corrected chi connectivity index (χ1v) is 4.23. The van der Waals surface area contributed by atoms with Crippen LogP contribution in [0.2, 0.25) is 0 Å². The van der Waals surface area contributed by atoms with E-state index in [9.17, 15) is 9.59 Å². The van der Waals surface area contributed by atoms with E-state index >= 15 is 0 Å². The minimum Gasteiger partial charge on any atom is -0.482 e. The summed E-state index contributed by atoms with van der Waals surface area (Å²) in [5, 5.41) is 0.412. The van der Waals surface area contributed by atoms with Gasteiger partial charge in [0.05, 0.1) is 12.1 Å². The third-order valence-electron chi connectivity index (χ3n) is 1.15. The lowest BCUT2D eigenvalue weighted by molar-refractivity contribution is -0.104. The van der Waals surface area contributed by atoms with Crippen LogP contribution in [0.4, 0.5) is 0 Å². The number of hydrogen-bond acceptors (Lipinski definition) is 5. The van der Waals surface area contributed by atoms with Crippen molar-refractivity contribution in [3.63, 3.8) is 0 Å². The Hall–Kier alpha value is -1.23. The molecule has 0 fully saturated rings. The van der Waals surface area contributed by atoms with Gasteiger partial charge in [-0.25, -0.2) is 4.98 Å². The maximum absolute atomic E-state index is 10.9. The zero-order valence-electron chi connectivity index (χ0n) is 6.44. The highest BCUT2D eigenvalue weighted by Gasteiger charge is 2.14. The summed E-state index contributed by atoms with van der Waals surface area (Å²) in [6, 6.07) is 0. The minimum absolute atomic E-state index is 0.108. The first-order chi connectivity index (χ1) is 5.79. The number of rotatable bonds is 4. The molecule has 0 amide bonds. The summed E-state index contributed by atoms with van der Waals surface area (Å²) in [7, 11) is 0. The zero-order chi connectivity index (χ0) is 8.97. The number of ketones is 1.